The van der Waals surface area contributed by atoms with Crippen LogP contribution in [0.2, 0.25) is 0 Å². The largest absolute Gasteiger partial charge is 0.313 e. The summed E-state index contributed by atoms with van der Waals surface area (Å²) < 4.78 is 26.9. The van der Waals surface area contributed by atoms with Crippen LogP contribution in [-0.2, 0) is 0 Å². The van der Waals surface area contributed by atoms with Crippen molar-refractivity contribution in [3.8, 4) is 0 Å². The van der Waals surface area contributed by atoms with E-state index in [0.717, 1.165) is 18.8 Å². The van der Waals surface area contributed by atoms with E-state index < -0.39 is 0 Å². The normalized spacial score (nSPS) is 18.2. The summed E-state index contributed by atoms with van der Waals surface area (Å²) in [5, 5.41) is 3.10. The minimum Gasteiger partial charge on any atom is -0.313 e. The summed E-state index contributed by atoms with van der Waals surface area (Å²) in [6, 6.07) is 3.61. The van der Waals surface area contributed by atoms with E-state index in [2.05, 4.69) is 5.32 Å². The maximum Gasteiger partial charge on any atom is 0.128 e. The Labute approximate surface area is 108 Å². The zero-order valence-electron chi connectivity index (χ0n) is 10.9. The SMILES string of the molecule is CNC(CCC1CCCC1)c1cc(F)ccc1F. The van der Waals surface area contributed by atoms with Gasteiger partial charge in [0.15, 0.2) is 0 Å². The lowest BCUT2D eigenvalue weighted by atomic mass is 9.94. The van der Waals surface area contributed by atoms with Crippen LogP contribution in [0.3, 0.4) is 0 Å². The van der Waals surface area contributed by atoms with Crippen molar-refractivity contribution in [1.82, 2.24) is 5.32 Å². The van der Waals surface area contributed by atoms with Gasteiger partial charge in [0.1, 0.15) is 11.6 Å². The number of hydrogen-bond donors (Lipinski definition) is 1. The van der Waals surface area contributed by atoms with Gasteiger partial charge in [-0.05, 0) is 44.0 Å². The molecule has 18 heavy (non-hydrogen) atoms. The van der Waals surface area contributed by atoms with Gasteiger partial charge < -0.3 is 5.32 Å². The molecule has 1 aromatic rings. The van der Waals surface area contributed by atoms with E-state index in [4.69, 9.17) is 0 Å². The molecule has 1 aliphatic carbocycles. The molecule has 1 atom stereocenters. The summed E-state index contributed by atoms with van der Waals surface area (Å²) in [7, 11) is 1.81. The molecular weight excluding hydrogens is 232 g/mol. The molecule has 0 saturated heterocycles. The zero-order valence-corrected chi connectivity index (χ0v) is 10.9. The highest BCUT2D eigenvalue weighted by molar-refractivity contribution is 5.22. The zero-order chi connectivity index (χ0) is 13.0. The molecule has 0 aliphatic heterocycles. The summed E-state index contributed by atoms with van der Waals surface area (Å²) in [6.07, 6.45) is 7.21. The van der Waals surface area contributed by atoms with Crippen molar-refractivity contribution in [1.29, 1.82) is 0 Å². The Bertz CT molecular complexity index is 386. The number of benzene rings is 1. The lowest BCUT2D eigenvalue weighted by molar-refractivity contribution is 0.417. The van der Waals surface area contributed by atoms with E-state index in [1.807, 2.05) is 7.05 Å². The van der Waals surface area contributed by atoms with Gasteiger partial charge in [0, 0.05) is 11.6 Å². The van der Waals surface area contributed by atoms with Crippen molar-refractivity contribution < 1.29 is 8.78 Å². The Kier molecular flexibility index (Phi) is 4.70. The molecule has 1 unspecified atom stereocenters. The Hall–Kier alpha value is -0.960. The van der Waals surface area contributed by atoms with Crippen LogP contribution in [0, 0.1) is 17.6 Å². The third-order valence-corrected chi connectivity index (χ3v) is 4.02. The third-order valence-electron chi connectivity index (χ3n) is 4.02. The summed E-state index contributed by atoms with van der Waals surface area (Å²) in [4.78, 5) is 0. The lowest BCUT2D eigenvalue weighted by Crippen LogP contribution is -2.18. The summed E-state index contributed by atoms with van der Waals surface area (Å²) in [5.74, 6) is 0.0900. The first-order chi connectivity index (χ1) is 8.70. The molecule has 1 aliphatic rings. The quantitative estimate of drug-likeness (QED) is 0.829. The van der Waals surface area contributed by atoms with Crippen LogP contribution >= 0.6 is 0 Å². The highest BCUT2D eigenvalue weighted by atomic mass is 19.1. The van der Waals surface area contributed by atoms with Crippen molar-refractivity contribution in [3.05, 3.63) is 35.4 Å². The second kappa shape index (κ2) is 6.28. The van der Waals surface area contributed by atoms with Crippen LogP contribution in [0.25, 0.3) is 0 Å². The molecule has 0 bridgehead atoms. The Morgan fingerprint density at radius 2 is 2.00 bits per heavy atom. The predicted molar refractivity (Wildman–Crippen MR) is 69.4 cm³/mol. The summed E-state index contributed by atoms with van der Waals surface area (Å²) >= 11 is 0. The van der Waals surface area contributed by atoms with Gasteiger partial charge in [-0.1, -0.05) is 25.7 Å². The van der Waals surface area contributed by atoms with Crippen molar-refractivity contribution in [2.75, 3.05) is 7.05 Å². The van der Waals surface area contributed by atoms with Gasteiger partial charge in [-0.2, -0.15) is 0 Å². The average Bonchev–Trinajstić information content (AvgIpc) is 2.87. The van der Waals surface area contributed by atoms with E-state index in [0.29, 0.717) is 5.56 Å². The first kappa shape index (κ1) is 13.5. The van der Waals surface area contributed by atoms with E-state index in [9.17, 15) is 8.78 Å². The molecule has 1 N–H and O–H groups in total. The molecule has 0 heterocycles. The number of rotatable bonds is 5. The van der Waals surface area contributed by atoms with Crippen molar-refractivity contribution in [2.45, 2.75) is 44.6 Å². The van der Waals surface area contributed by atoms with Crippen molar-refractivity contribution in [3.63, 3.8) is 0 Å². The summed E-state index contributed by atoms with van der Waals surface area (Å²) in [5.41, 5.74) is 0.454. The molecule has 0 aromatic heterocycles. The first-order valence-corrected chi connectivity index (χ1v) is 6.83. The fourth-order valence-electron chi connectivity index (χ4n) is 2.94. The number of hydrogen-bond acceptors (Lipinski definition) is 1. The van der Waals surface area contributed by atoms with Crippen molar-refractivity contribution in [2.24, 2.45) is 5.92 Å². The van der Waals surface area contributed by atoms with Gasteiger partial charge >= 0.3 is 0 Å². The molecule has 2 rings (SSSR count). The van der Waals surface area contributed by atoms with Gasteiger partial charge in [-0.25, -0.2) is 8.78 Å². The Balaban J connectivity index is 2.00. The molecule has 1 nitrogen and oxygen atoms in total. The van der Waals surface area contributed by atoms with Gasteiger partial charge in [0.05, 0.1) is 0 Å². The Morgan fingerprint density at radius 3 is 2.67 bits per heavy atom. The molecule has 100 valence electrons. The second-order valence-corrected chi connectivity index (χ2v) is 5.23. The fourth-order valence-corrected chi connectivity index (χ4v) is 2.94. The minimum absolute atomic E-state index is 0.0821. The molecule has 1 aromatic carbocycles. The molecule has 0 radical (unpaired) electrons. The van der Waals surface area contributed by atoms with Crippen LogP contribution in [0.1, 0.15) is 50.1 Å². The van der Waals surface area contributed by atoms with Crippen LogP contribution in [0.15, 0.2) is 18.2 Å². The van der Waals surface area contributed by atoms with Crippen LogP contribution in [-0.4, -0.2) is 7.05 Å². The molecule has 0 spiro atoms. The lowest BCUT2D eigenvalue weighted by Gasteiger charge is -2.19. The van der Waals surface area contributed by atoms with Crippen LogP contribution < -0.4 is 5.32 Å². The first-order valence-electron chi connectivity index (χ1n) is 6.83. The maximum absolute atomic E-state index is 13.7. The molecular formula is C15H21F2N. The molecule has 1 saturated carbocycles. The standard InChI is InChI=1S/C15H21F2N/c1-18-15(9-6-11-4-2-3-5-11)13-10-12(16)7-8-14(13)17/h7-8,10-11,15,18H,2-6,9H2,1H3. The summed E-state index contributed by atoms with van der Waals surface area (Å²) in [6.45, 7) is 0. The third kappa shape index (κ3) is 3.29. The monoisotopic (exact) mass is 253 g/mol. The van der Waals surface area contributed by atoms with Crippen molar-refractivity contribution >= 4 is 0 Å². The molecule has 3 heteroatoms. The molecule has 0 amide bonds. The fraction of sp³-hybridized carbons (Fsp3) is 0.600. The maximum atomic E-state index is 13.7. The molecule has 1 fully saturated rings. The van der Waals surface area contributed by atoms with E-state index in [-0.39, 0.29) is 17.7 Å². The highest BCUT2D eigenvalue weighted by Crippen LogP contribution is 2.32. The van der Waals surface area contributed by atoms with E-state index in [1.165, 1.54) is 43.9 Å². The van der Waals surface area contributed by atoms with E-state index >= 15 is 0 Å². The number of nitrogens with one attached hydrogen (secondary N) is 1. The van der Waals surface area contributed by atoms with Gasteiger partial charge in [-0.3, -0.25) is 0 Å². The Morgan fingerprint density at radius 1 is 1.28 bits per heavy atom. The highest BCUT2D eigenvalue weighted by Gasteiger charge is 2.19. The smallest absolute Gasteiger partial charge is 0.128 e. The number of halogens is 2. The van der Waals surface area contributed by atoms with Crippen LogP contribution in [0.4, 0.5) is 8.78 Å². The van der Waals surface area contributed by atoms with E-state index in [1.54, 1.807) is 0 Å². The van der Waals surface area contributed by atoms with Gasteiger partial charge in [-0.15, -0.1) is 0 Å². The average molecular weight is 253 g/mol. The van der Waals surface area contributed by atoms with Gasteiger partial charge in [0.25, 0.3) is 0 Å². The predicted octanol–water partition coefficient (Wildman–Crippen LogP) is 4.20. The topological polar surface area (TPSA) is 12.0 Å². The second-order valence-electron chi connectivity index (χ2n) is 5.23. The minimum atomic E-state index is -0.368. The van der Waals surface area contributed by atoms with Crippen LogP contribution in [0.5, 0.6) is 0 Å². The van der Waals surface area contributed by atoms with Gasteiger partial charge in [0.2, 0.25) is 0 Å².